The minimum Gasteiger partial charge on any atom is -0.408 e. The van der Waals surface area contributed by atoms with Crippen LogP contribution in [0.5, 0.6) is 0 Å². The highest BCUT2D eigenvalue weighted by molar-refractivity contribution is 6.06. The summed E-state index contributed by atoms with van der Waals surface area (Å²) in [4.78, 5) is 54.6. The Labute approximate surface area is 186 Å². The van der Waals surface area contributed by atoms with Crippen LogP contribution in [0.3, 0.4) is 0 Å². The SMILES string of the molecule is Cn1ncc2[nH]c(=O)c(C(=O)Nc3ccc4oc(=O)n(CC(=O)N5CCCCC5)c4c3)cc21. The van der Waals surface area contributed by atoms with Crippen molar-refractivity contribution in [3.05, 3.63) is 56.9 Å². The van der Waals surface area contributed by atoms with E-state index in [0.29, 0.717) is 40.9 Å². The lowest BCUT2D eigenvalue weighted by Crippen LogP contribution is -2.39. The first-order chi connectivity index (χ1) is 15.9. The summed E-state index contributed by atoms with van der Waals surface area (Å²) in [6.45, 7) is 1.22. The van der Waals surface area contributed by atoms with Gasteiger partial charge in [0, 0.05) is 25.8 Å². The minimum atomic E-state index is -0.642. The van der Waals surface area contributed by atoms with E-state index in [4.69, 9.17) is 4.42 Å². The first-order valence-electron chi connectivity index (χ1n) is 10.7. The predicted molar refractivity (Wildman–Crippen MR) is 120 cm³/mol. The summed E-state index contributed by atoms with van der Waals surface area (Å²) < 4.78 is 8.08. The molecule has 170 valence electrons. The summed E-state index contributed by atoms with van der Waals surface area (Å²) >= 11 is 0. The predicted octanol–water partition coefficient (Wildman–Crippen LogP) is 1.43. The Kier molecular flexibility index (Phi) is 5.08. The van der Waals surface area contributed by atoms with Crippen LogP contribution in [-0.4, -0.2) is 49.1 Å². The Morgan fingerprint density at radius 2 is 1.91 bits per heavy atom. The zero-order valence-electron chi connectivity index (χ0n) is 18.0. The second kappa shape index (κ2) is 8.08. The van der Waals surface area contributed by atoms with Gasteiger partial charge in [0.1, 0.15) is 12.1 Å². The molecule has 11 heteroatoms. The number of fused-ring (bicyclic) bond motifs is 2. The van der Waals surface area contributed by atoms with Crippen molar-refractivity contribution in [1.29, 1.82) is 0 Å². The molecule has 1 saturated heterocycles. The van der Waals surface area contributed by atoms with Crippen LogP contribution >= 0.6 is 0 Å². The lowest BCUT2D eigenvalue weighted by atomic mass is 10.1. The number of amides is 2. The number of carbonyl (C=O) groups is 2. The van der Waals surface area contributed by atoms with Gasteiger partial charge in [-0.3, -0.25) is 23.6 Å². The van der Waals surface area contributed by atoms with Gasteiger partial charge in [-0.05, 0) is 43.5 Å². The standard InChI is InChI=1S/C22H22N6O5/c1-26-16-10-14(21(31)25-15(16)11-23-26)20(30)24-13-5-6-18-17(9-13)28(22(32)33-18)12-19(29)27-7-3-2-4-8-27/h5-6,9-11H,2-4,7-8,12H2,1H3,(H,24,30)(H,25,31). The number of hydrogen-bond donors (Lipinski definition) is 2. The van der Waals surface area contributed by atoms with Gasteiger partial charge < -0.3 is 19.6 Å². The number of oxazole rings is 1. The smallest absolute Gasteiger partial charge is 0.408 e. The van der Waals surface area contributed by atoms with E-state index in [0.717, 1.165) is 19.3 Å². The average molecular weight is 450 g/mol. The number of aromatic nitrogens is 4. The molecule has 0 atom stereocenters. The molecule has 5 rings (SSSR count). The second-order valence-electron chi connectivity index (χ2n) is 8.11. The molecule has 0 saturated carbocycles. The number of aryl methyl sites for hydroxylation is 1. The maximum atomic E-state index is 12.8. The van der Waals surface area contributed by atoms with Gasteiger partial charge in [0.05, 0.1) is 22.7 Å². The monoisotopic (exact) mass is 450 g/mol. The summed E-state index contributed by atoms with van der Waals surface area (Å²) in [7, 11) is 1.71. The van der Waals surface area contributed by atoms with Crippen LogP contribution in [0.1, 0.15) is 29.6 Å². The van der Waals surface area contributed by atoms with Gasteiger partial charge in [-0.25, -0.2) is 4.79 Å². The zero-order valence-corrected chi connectivity index (χ0v) is 18.0. The van der Waals surface area contributed by atoms with Crippen molar-refractivity contribution in [1.82, 2.24) is 24.2 Å². The van der Waals surface area contributed by atoms with E-state index in [1.807, 2.05) is 0 Å². The topological polar surface area (TPSA) is 135 Å². The van der Waals surface area contributed by atoms with Gasteiger partial charge in [-0.2, -0.15) is 5.10 Å². The number of carbonyl (C=O) groups excluding carboxylic acids is 2. The quantitative estimate of drug-likeness (QED) is 0.483. The molecule has 0 aliphatic carbocycles. The lowest BCUT2D eigenvalue weighted by molar-refractivity contribution is -0.132. The molecule has 1 aliphatic rings. The third-order valence-corrected chi connectivity index (χ3v) is 5.93. The van der Waals surface area contributed by atoms with E-state index in [9.17, 15) is 19.2 Å². The molecule has 0 bridgehead atoms. The molecule has 1 aromatic carbocycles. The van der Waals surface area contributed by atoms with Gasteiger partial charge >= 0.3 is 5.76 Å². The van der Waals surface area contributed by atoms with Crippen molar-refractivity contribution in [2.45, 2.75) is 25.8 Å². The molecular formula is C22H22N6O5. The highest BCUT2D eigenvalue weighted by Crippen LogP contribution is 2.20. The van der Waals surface area contributed by atoms with Crippen molar-refractivity contribution >= 4 is 39.6 Å². The number of aromatic amines is 1. The van der Waals surface area contributed by atoms with Gasteiger partial charge in [0.2, 0.25) is 5.91 Å². The number of nitrogens with one attached hydrogen (secondary N) is 2. The number of anilines is 1. The van der Waals surface area contributed by atoms with Crippen molar-refractivity contribution in [3.8, 4) is 0 Å². The van der Waals surface area contributed by atoms with E-state index in [2.05, 4.69) is 15.4 Å². The largest absolute Gasteiger partial charge is 0.420 e. The fraction of sp³-hybridized carbons (Fsp3) is 0.318. The Bertz CT molecular complexity index is 1500. The molecule has 4 aromatic rings. The molecule has 0 spiro atoms. The lowest BCUT2D eigenvalue weighted by Gasteiger charge is -2.26. The molecule has 2 N–H and O–H groups in total. The Morgan fingerprint density at radius 3 is 2.70 bits per heavy atom. The Balaban J connectivity index is 1.43. The number of pyridine rings is 1. The highest BCUT2D eigenvalue weighted by Gasteiger charge is 2.20. The van der Waals surface area contributed by atoms with Gasteiger partial charge in [-0.1, -0.05) is 0 Å². The summed E-state index contributed by atoms with van der Waals surface area (Å²) in [5, 5.41) is 6.75. The van der Waals surface area contributed by atoms with Crippen LogP contribution in [-0.2, 0) is 18.4 Å². The van der Waals surface area contributed by atoms with Gasteiger partial charge in [-0.15, -0.1) is 0 Å². The zero-order chi connectivity index (χ0) is 23.1. The number of likely N-dealkylation sites (tertiary alicyclic amines) is 1. The molecule has 4 heterocycles. The normalized spacial score (nSPS) is 14.2. The number of benzene rings is 1. The van der Waals surface area contributed by atoms with Crippen LogP contribution in [0.25, 0.3) is 22.1 Å². The van der Waals surface area contributed by atoms with Crippen molar-refractivity contribution in [2.24, 2.45) is 7.05 Å². The Hall–Kier alpha value is -4.15. The first kappa shape index (κ1) is 20.7. The Morgan fingerprint density at radius 1 is 1.12 bits per heavy atom. The van der Waals surface area contributed by atoms with Crippen molar-refractivity contribution < 1.29 is 14.0 Å². The molecule has 1 fully saturated rings. The van der Waals surface area contributed by atoms with Gasteiger partial charge in [0.15, 0.2) is 5.58 Å². The highest BCUT2D eigenvalue weighted by atomic mass is 16.4. The molecule has 0 radical (unpaired) electrons. The van der Waals surface area contributed by atoms with Crippen LogP contribution in [0.4, 0.5) is 5.69 Å². The second-order valence-corrected chi connectivity index (χ2v) is 8.11. The van der Waals surface area contributed by atoms with Crippen LogP contribution in [0.2, 0.25) is 0 Å². The van der Waals surface area contributed by atoms with E-state index >= 15 is 0 Å². The van der Waals surface area contributed by atoms with Crippen molar-refractivity contribution in [3.63, 3.8) is 0 Å². The summed E-state index contributed by atoms with van der Waals surface area (Å²) in [5.74, 6) is -1.40. The fourth-order valence-electron chi connectivity index (χ4n) is 4.14. The van der Waals surface area contributed by atoms with Crippen LogP contribution < -0.4 is 16.6 Å². The molecule has 3 aromatic heterocycles. The molecule has 1 aliphatic heterocycles. The van der Waals surface area contributed by atoms with E-state index in [-0.39, 0.29) is 18.0 Å². The first-order valence-corrected chi connectivity index (χ1v) is 10.7. The average Bonchev–Trinajstić information content (AvgIpc) is 3.32. The summed E-state index contributed by atoms with van der Waals surface area (Å²) in [6.07, 6.45) is 4.51. The van der Waals surface area contributed by atoms with Crippen LogP contribution in [0.15, 0.2) is 44.5 Å². The van der Waals surface area contributed by atoms with E-state index in [1.165, 1.54) is 16.8 Å². The van der Waals surface area contributed by atoms with Crippen molar-refractivity contribution in [2.75, 3.05) is 18.4 Å². The van der Waals surface area contributed by atoms with E-state index in [1.54, 1.807) is 34.8 Å². The maximum absolute atomic E-state index is 12.8. The fourth-order valence-corrected chi connectivity index (χ4v) is 4.14. The molecule has 11 nitrogen and oxygen atoms in total. The summed E-state index contributed by atoms with van der Waals surface area (Å²) in [5.41, 5.74) is 1.57. The third kappa shape index (κ3) is 3.81. The number of piperidine rings is 1. The third-order valence-electron chi connectivity index (χ3n) is 5.93. The molecule has 0 unspecified atom stereocenters. The number of nitrogens with zero attached hydrogens (tertiary/aromatic N) is 4. The van der Waals surface area contributed by atoms with Crippen LogP contribution in [0, 0.1) is 0 Å². The maximum Gasteiger partial charge on any atom is 0.420 e. The number of hydrogen-bond acceptors (Lipinski definition) is 6. The summed E-state index contributed by atoms with van der Waals surface area (Å²) in [6, 6.07) is 6.14. The molecule has 33 heavy (non-hydrogen) atoms. The van der Waals surface area contributed by atoms with Gasteiger partial charge in [0.25, 0.3) is 11.5 Å². The molecular weight excluding hydrogens is 428 g/mol. The number of rotatable bonds is 4. The molecule has 2 amide bonds. The minimum absolute atomic E-state index is 0.0731. The number of H-pyrrole nitrogens is 1. The van der Waals surface area contributed by atoms with E-state index < -0.39 is 17.2 Å².